The smallest absolute Gasteiger partial charge is 0.261 e. The number of alkyl halides is 2. The van der Waals surface area contributed by atoms with Crippen molar-refractivity contribution < 1.29 is 13.5 Å². The lowest BCUT2D eigenvalue weighted by molar-refractivity contribution is 0.0187. The second-order valence-corrected chi connectivity index (χ2v) is 4.97. The highest BCUT2D eigenvalue weighted by atomic mass is 32.1. The third-order valence-electron chi connectivity index (χ3n) is 2.57. The van der Waals surface area contributed by atoms with E-state index in [1.165, 1.54) is 11.3 Å². The molecule has 20 heavy (non-hydrogen) atoms. The highest BCUT2D eigenvalue weighted by Crippen LogP contribution is 2.22. The van der Waals surface area contributed by atoms with E-state index < -0.39 is 13.0 Å². The van der Waals surface area contributed by atoms with Crippen LogP contribution in [0.1, 0.15) is 10.6 Å². The van der Waals surface area contributed by atoms with Crippen LogP contribution in [0.5, 0.6) is 0 Å². The van der Waals surface area contributed by atoms with E-state index in [2.05, 4.69) is 11.1 Å². The number of rotatable bonds is 6. The zero-order valence-corrected chi connectivity index (χ0v) is 11.4. The van der Waals surface area contributed by atoms with Gasteiger partial charge in [0.05, 0.1) is 28.9 Å². The van der Waals surface area contributed by atoms with Crippen LogP contribution in [0.3, 0.4) is 0 Å². The third kappa shape index (κ3) is 4.08. The molecule has 2 rings (SSSR count). The molecule has 1 aromatic heterocycles. The fourth-order valence-electron chi connectivity index (χ4n) is 1.61. The van der Waals surface area contributed by atoms with E-state index >= 15 is 0 Å². The van der Waals surface area contributed by atoms with E-state index in [1.807, 2.05) is 17.5 Å². The molecule has 0 amide bonds. The lowest BCUT2D eigenvalue weighted by Crippen LogP contribution is -2.06. The molecule has 0 fully saturated rings. The van der Waals surface area contributed by atoms with Crippen LogP contribution in [0.4, 0.5) is 8.78 Å². The molecule has 0 spiro atoms. The lowest BCUT2D eigenvalue weighted by Gasteiger charge is -2.01. The quantitative estimate of drug-likeness (QED) is 0.766. The molecule has 3 nitrogen and oxygen atoms in total. The normalized spacial score (nSPS) is 10.7. The van der Waals surface area contributed by atoms with Gasteiger partial charge in [0.15, 0.2) is 0 Å². The van der Waals surface area contributed by atoms with Crippen LogP contribution in [-0.4, -0.2) is 24.6 Å². The maximum atomic E-state index is 11.9. The van der Waals surface area contributed by atoms with Gasteiger partial charge in [0.2, 0.25) is 0 Å². The van der Waals surface area contributed by atoms with Gasteiger partial charge in [0.25, 0.3) is 6.43 Å². The highest BCUT2D eigenvalue weighted by molar-refractivity contribution is 7.09. The average molecular weight is 294 g/mol. The first-order valence-electron chi connectivity index (χ1n) is 6.00. The summed E-state index contributed by atoms with van der Waals surface area (Å²) in [5.74, 6) is 0. The van der Waals surface area contributed by atoms with E-state index in [4.69, 9.17) is 10.00 Å². The van der Waals surface area contributed by atoms with Crippen LogP contribution in [0, 0.1) is 11.3 Å². The minimum Gasteiger partial charge on any atom is -0.375 e. The van der Waals surface area contributed by atoms with Crippen LogP contribution < -0.4 is 0 Å². The Morgan fingerprint density at radius 1 is 1.30 bits per heavy atom. The van der Waals surface area contributed by atoms with Crippen molar-refractivity contribution in [2.45, 2.75) is 12.8 Å². The Bertz CT molecular complexity index is 590. The zero-order valence-electron chi connectivity index (χ0n) is 10.6. The highest BCUT2D eigenvalue weighted by Gasteiger charge is 2.06. The van der Waals surface area contributed by atoms with Crippen LogP contribution in [-0.2, 0) is 11.2 Å². The van der Waals surface area contributed by atoms with Crippen molar-refractivity contribution in [3.05, 3.63) is 40.2 Å². The lowest BCUT2D eigenvalue weighted by atomic mass is 10.1. The van der Waals surface area contributed by atoms with Gasteiger partial charge in [-0.25, -0.2) is 13.8 Å². The second kappa shape index (κ2) is 7.08. The molecule has 6 heteroatoms. The number of aromatic nitrogens is 1. The molecule has 2 aromatic rings. The number of hydrogen-bond donors (Lipinski definition) is 0. The Morgan fingerprint density at radius 2 is 2.05 bits per heavy atom. The Balaban J connectivity index is 1.93. The van der Waals surface area contributed by atoms with Gasteiger partial charge < -0.3 is 4.74 Å². The van der Waals surface area contributed by atoms with Crippen molar-refractivity contribution >= 4 is 11.3 Å². The molecule has 1 heterocycles. The number of benzene rings is 1. The number of nitrogens with zero attached hydrogens (tertiary/aromatic N) is 2. The van der Waals surface area contributed by atoms with Gasteiger partial charge in [0.1, 0.15) is 6.61 Å². The van der Waals surface area contributed by atoms with E-state index in [9.17, 15) is 8.78 Å². The summed E-state index contributed by atoms with van der Waals surface area (Å²) in [7, 11) is 0. The maximum Gasteiger partial charge on any atom is 0.261 e. The Morgan fingerprint density at radius 3 is 2.70 bits per heavy atom. The van der Waals surface area contributed by atoms with Crippen molar-refractivity contribution in [2.24, 2.45) is 0 Å². The second-order valence-electron chi connectivity index (χ2n) is 4.03. The predicted octanol–water partition coefficient (Wildman–Crippen LogP) is 3.51. The summed E-state index contributed by atoms with van der Waals surface area (Å²) in [6.45, 7) is -0.293. The summed E-state index contributed by atoms with van der Waals surface area (Å²) >= 11 is 1.47. The van der Waals surface area contributed by atoms with Crippen LogP contribution >= 0.6 is 11.3 Å². The first kappa shape index (κ1) is 14.6. The summed E-state index contributed by atoms with van der Waals surface area (Å²) < 4.78 is 28.6. The van der Waals surface area contributed by atoms with Gasteiger partial charge in [-0.05, 0) is 12.1 Å². The van der Waals surface area contributed by atoms with Crippen molar-refractivity contribution in [3.63, 3.8) is 0 Å². The summed E-state index contributed by atoms with van der Waals surface area (Å²) in [5, 5.41) is 11.5. The topological polar surface area (TPSA) is 45.9 Å². The molecule has 0 bridgehead atoms. The molecule has 0 aliphatic carbocycles. The molecule has 0 unspecified atom stereocenters. The van der Waals surface area contributed by atoms with Crippen LogP contribution in [0.15, 0.2) is 29.6 Å². The number of halogens is 2. The van der Waals surface area contributed by atoms with Crippen molar-refractivity contribution in [1.82, 2.24) is 4.98 Å². The summed E-state index contributed by atoms with van der Waals surface area (Å²) in [6, 6.07) is 9.21. The Hall–Kier alpha value is -1.84. The Labute approximate surface area is 119 Å². The first-order valence-corrected chi connectivity index (χ1v) is 6.88. The molecule has 0 aliphatic rings. The summed E-state index contributed by atoms with van der Waals surface area (Å²) in [5.41, 5.74) is 2.35. The monoisotopic (exact) mass is 294 g/mol. The number of thiazole rings is 1. The van der Waals surface area contributed by atoms with Gasteiger partial charge in [-0.15, -0.1) is 11.3 Å². The van der Waals surface area contributed by atoms with Gasteiger partial charge in [-0.1, -0.05) is 12.1 Å². The Kier molecular flexibility index (Phi) is 5.16. The van der Waals surface area contributed by atoms with Gasteiger partial charge in [-0.2, -0.15) is 5.26 Å². The molecule has 1 aromatic carbocycles. The van der Waals surface area contributed by atoms with Gasteiger partial charge in [-0.3, -0.25) is 0 Å². The van der Waals surface area contributed by atoms with Gasteiger partial charge >= 0.3 is 0 Å². The maximum absolute atomic E-state index is 11.9. The molecule has 0 saturated carbocycles. The van der Waals surface area contributed by atoms with E-state index in [-0.39, 0.29) is 6.61 Å². The largest absolute Gasteiger partial charge is 0.375 e. The molecule has 0 aliphatic heterocycles. The predicted molar refractivity (Wildman–Crippen MR) is 72.8 cm³/mol. The summed E-state index contributed by atoms with van der Waals surface area (Å²) in [4.78, 5) is 4.42. The molecule has 0 radical (unpaired) electrons. The zero-order chi connectivity index (χ0) is 14.4. The SMILES string of the molecule is N#Cc1ccc(-c2csc(CCOCC(F)F)n2)cc1. The standard InChI is InChI=1S/C14H12F2N2OS/c15-13(16)8-19-6-5-14-18-12(9-20-14)11-3-1-10(7-17)2-4-11/h1-4,9,13H,5-6,8H2. The fourth-order valence-corrected chi connectivity index (χ4v) is 2.39. The molecule has 0 atom stereocenters. The minimum absolute atomic E-state index is 0.241. The fraction of sp³-hybridized carbons (Fsp3) is 0.286. The number of ether oxygens (including phenoxy) is 1. The third-order valence-corrected chi connectivity index (χ3v) is 3.47. The molecule has 0 saturated heterocycles. The van der Waals surface area contributed by atoms with Crippen LogP contribution in [0.25, 0.3) is 11.3 Å². The molecular formula is C14H12F2N2OS. The number of nitriles is 1. The van der Waals surface area contributed by atoms with E-state index in [1.54, 1.807) is 12.1 Å². The van der Waals surface area contributed by atoms with Crippen molar-refractivity contribution in [1.29, 1.82) is 5.26 Å². The van der Waals surface area contributed by atoms with Crippen LogP contribution in [0.2, 0.25) is 0 Å². The van der Waals surface area contributed by atoms with Crippen molar-refractivity contribution in [2.75, 3.05) is 13.2 Å². The number of hydrogen-bond acceptors (Lipinski definition) is 4. The molecule has 0 N–H and O–H groups in total. The van der Waals surface area contributed by atoms with E-state index in [0.29, 0.717) is 12.0 Å². The van der Waals surface area contributed by atoms with E-state index in [0.717, 1.165) is 16.3 Å². The van der Waals surface area contributed by atoms with Crippen molar-refractivity contribution in [3.8, 4) is 17.3 Å². The minimum atomic E-state index is -2.43. The average Bonchev–Trinajstić information content (AvgIpc) is 2.92. The summed E-state index contributed by atoms with van der Waals surface area (Å²) in [6.07, 6.45) is -1.91. The van der Waals surface area contributed by atoms with Gasteiger partial charge in [0, 0.05) is 17.4 Å². The molecular weight excluding hydrogens is 282 g/mol. The first-order chi connectivity index (χ1) is 9.69. The molecule has 104 valence electrons.